The van der Waals surface area contributed by atoms with E-state index in [-0.39, 0.29) is 11.8 Å². The van der Waals surface area contributed by atoms with Gasteiger partial charge in [-0.15, -0.1) is 12.8 Å². The minimum absolute atomic E-state index is 0.0686. The van der Waals surface area contributed by atoms with Crippen molar-refractivity contribution in [2.24, 2.45) is 0 Å². The van der Waals surface area contributed by atoms with Crippen molar-refractivity contribution < 1.29 is 9.59 Å². The number of unbranched alkanes of at least 4 members (excludes halogenated alkanes) is 12. The monoisotopic (exact) mass is 414 g/mol. The molecule has 0 aromatic rings. The van der Waals surface area contributed by atoms with Gasteiger partial charge >= 0.3 is 0 Å². The van der Waals surface area contributed by atoms with Crippen LogP contribution in [0.2, 0.25) is 0 Å². The second-order valence-corrected chi connectivity index (χ2v) is 7.75. The Morgan fingerprint density at radius 3 is 1.27 bits per heavy atom. The van der Waals surface area contributed by atoms with Crippen molar-refractivity contribution in [2.75, 3.05) is 13.1 Å². The molecule has 2 amide bonds. The summed E-state index contributed by atoms with van der Waals surface area (Å²) in [5.74, 6) is 4.96. The van der Waals surface area contributed by atoms with Crippen LogP contribution in [0.15, 0.2) is 12.2 Å². The Bertz CT molecular complexity index is 492. The molecule has 0 atom stereocenters. The van der Waals surface area contributed by atoms with Crippen LogP contribution in [-0.2, 0) is 9.59 Å². The average molecular weight is 415 g/mol. The van der Waals surface area contributed by atoms with E-state index < -0.39 is 0 Å². The molecule has 0 rings (SSSR count). The molecule has 0 saturated carbocycles. The zero-order valence-electron chi connectivity index (χ0n) is 18.9. The first-order valence-corrected chi connectivity index (χ1v) is 11.8. The highest BCUT2D eigenvalue weighted by atomic mass is 16.2. The van der Waals surface area contributed by atoms with E-state index >= 15 is 0 Å². The molecule has 168 valence electrons. The molecule has 0 aromatic heterocycles. The van der Waals surface area contributed by atoms with Gasteiger partial charge in [-0.3, -0.25) is 9.59 Å². The number of amides is 2. The van der Waals surface area contributed by atoms with Crippen LogP contribution in [0, 0.1) is 24.7 Å². The van der Waals surface area contributed by atoms with Crippen molar-refractivity contribution in [2.45, 2.75) is 103 Å². The second-order valence-electron chi connectivity index (χ2n) is 7.75. The molecule has 0 saturated heterocycles. The number of carbonyl (C=O) groups excluding carboxylic acids is 2. The first-order chi connectivity index (χ1) is 14.7. The fraction of sp³-hybridized carbons (Fsp3) is 0.692. The summed E-state index contributed by atoms with van der Waals surface area (Å²) in [5.41, 5.74) is 0. The van der Waals surface area contributed by atoms with Crippen LogP contribution in [0.3, 0.4) is 0 Å². The molecule has 30 heavy (non-hydrogen) atoms. The summed E-state index contributed by atoms with van der Waals surface area (Å²) in [4.78, 5) is 22.8. The third-order valence-corrected chi connectivity index (χ3v) is 4.99. The highest BCUT2D eigenvalue weighted by Crippen LogP contribution is 2.11. The Labute approximate surface area is 185 Å². The maximum atomic E-state index is 11.4. The summed E-state index contributed by atoms with van der Waals surface area (Å²) in [5, 5.41) is 5.39. The van der Waals surface area contributed by atoms with Crippen molar-refractivity contribution in [1.82, 2.24) is 10.6 Å². The van der Waals surface area contributed by atoms with Crippen LogP contribution in [0.1, 0.15) is 103 Å². The lowest BCUT2D eigenvalue weighted by molar-refractivity contribution is -0.121. The van der Waals surface area contributed by atoms with Crippen molar-refractivity contribution >= 4 is 11.8 Å². The van der Waals surface area contributed by atoms with Crippen molar-refractivity contribution in [3.05, 3.63) is 12.2 Å². The van der Waals surface area contributed by atoms with Crippen LogP contribution in [0.5, 0.6) is 0 Å². The molecule has 0 radical (unpaired) electrons. The van der Waals surface area contributed by atoms with E-state index in [0.717, 1.165) is 25.7 Å². The van der Waals surface area contributed by atoms with Crippen LogP contribution in [0.25, 0.3) is 0 Å². The minimum atomic E-state index is 0.0686. The Balaban J connectivity index is 3.22. The molecule has 0 aliphatic heterocycles. The number of nitrogens with one attached hydrogen (secondary N) is 2. The molecule has 0 bridgehead atoms. The number of hydrogen-bond acceptors (Lipinski definition) is 2. The van der Waals surface area contributed by atoms with E-state index in [0.29, 0.717) is 25.9 Å². The smallest absolute Gasteiger partial charge is 0.220 e. The minimum Gasteiger partial charge on any atom is -0.345 e. The fourth-order valence-electron chi connectivity index (χ4n) is 3.22. The molecule has 0 unspecified atom stereocenters. The largest absolute Gasteiger partial charge is 0.345 e. The molecule has 4 heteroatoms. The molecular formula is C26H42N2O2. The van der Waals surface area contributed by atoms with Crippen molar-refractivity contribution in [3.8, 4) is 24.7 Å². The third kappa shape index (κ3) is 22.1. The number of carbonyl (C=O) groups is 2. The van der Waals surface area contributed by atoms with Gasteiger partial charge in [0, 0.05) is 12.8 Å². The van der Waals surface area contributed by atoms with Gasteiger partial charge in [-0.2, -0.15) is 0 Å². The first-order valence-electron chi connectivity index (χ1n) is 11.8. The van der Waals surface area contributed by atoms with E-state index in [2.05, 4.69) is 34.6 Å². The van der Waals surface area contributed by atoms with Gasteiger partial charge in [0.1, 0.15) is 0 Å². The lowest BCUT2D eigenvalue weighted by Gasteiger charge is -2.02. The van der Waals surface area contributed by atoms with Gasteiger partial charge < -0.3 is 10.6 Å². The number of rotatable bonds is 20. The summed E-state index contributed by atoms with van der Waals surface area (Å²) >= 11 is 0. The molecule has 0 aliphatic rings. The topological polar surface area (TPSA) is 58.2 Å². The molecular weight excluding hydrogens is 372 g/mol. The SMILES string of the molecule is C#CCNC(=O)CCCCCCCCC=CCCCCCCCCC(=O)NCC#C. The first kappa shape index (κ1) is 27.8. The molecule has 4 nitrogen and oxygen atoms in total. The zero-order valence-corrected chi connectivity index (χ0v) is 18.9. The molecule has 0 aromatic carbocycles. The van der Waals surface area contributed by atoms with Gasteiger partial charge in [0.05, 0.1) is 13.1 Å². The second kappa shape index (κ2) is 23.1. The highest BCUT2D eigenvalue weighted by Gasteiger charge is 2.00. The Morgan fingerprint density at radius 1 is 0.567 bits per heavy atom. The summed E-state index contributed by atoms with van der Waals surface area (Å²) in [6.45, 7) is 0.671. The summed E-state index contributed by atoms with van der Waals surface area (Å²) in [6, 6.07) is 0. The Morgan fingerprint density at radius 2 is 0.900 bits per heavy atom. The molecule has 0 heterocycles. The average Bonchev–Trinajstić information content (AvgIpc) is 2.75. The van der Waals surface area contributed by atoms with Gasteiger partial charge in [-0.05, 0) is 38.5 Å². The predicted octanol–water partition coefficient (Wildman–Crippen LogP) is 5.28. The lowest BCUT2D eigenvalue weighted by atomic mass is 10.1. The van der Waals surface area contributed by atoms with Crippen LogP contribution in [-0.4, -0.2) is 24.9 Å². The van der Waals surface area contributed by atoms with E-state index in [1.54, 1.807) is 0 Å². The van der Waals surface area contributed by atoms with E-state index in [1.165, 1.54) is 64.2 Å². The van der Waals surface area contributed by atoms with Crippen LogP contribution >= 0.6 is 0 Å². The van der Waals surface area contributed by atoms with Gasteiger partial charge in [-0.1, -0.05) is 75.4 Å². The number of hydrogen-bond donors (Lipinski definition) is 2. The van der Waals surface area contributed by atoms with Crippen molar-refractivity contribution in [3.63, 3.8) is 0 Å². The third-order valence-electron chi connectivity index (χ3n) is 4.99. The Hall–Kier alpha value is -2.20. The molecule has 0 spiro atoms. The summed E-state index contributed by atoms with van der Waals surface area (Å²) < 4.78 is 0. The summed E-state index contributed by atoms with van der Waals surface area (Å²) in [6.07, 6.45) is 32.5. The van der Waals surface area contributed by atoms with Gasteiger partial charge in [0.2, 0.25) is 11.8 Å². The normalized spacial score (nSPS) is 10.5. The highest BCUT2D eigenvalue weighted by molar-refractivity contribution is 5.76. The lowest BCUT2D eigenvalue weighted by Crippen LogP contribution is -2.22. The summed E-state index contributed by atoms with van der Waals surface area (Å²) in [7, 11) is 0. The number of terminal acetylenes is 2. The predicted molar refractivity (Wildman–Crippen MR) is 127 cm³/mol. The maximum Gasteiger partial charge on any atom is 0.220 e. The quantitative estimate of drug-likeness (QED) is 0.162. The molecule has 0 aliphatic carbocycles. The molecule has 0 fully saturated rings. The standard InChI is InChI=1S/C26H42N2O2/c1-3-23-27-25(29)21-19-17-15-13-11-9-7-5-6-8-10-12-14-16-18-20-22-26(30)28-24-4-2/h1-2,5-6H,7-24H2,(H,27,29)(H,28,30). The Kier molecular flexibility index (Phi) is 21.4. The van der Waals surface area contributed by atoms with Gasteiger partial charge in [0.25, 0.3) is 0 Å². The van der Waals surface area contributed by atoms with Crippen LogP contribution < -0.4 is 10.6 Å². The van der Waals surface area contributed by atoms with Gasteiger partial charge in [0.15, 0.2) is 0 Å². The van der Waals surface area contributed by atoms with E-state index in [9.17, 15) is 9.59 Å². The van der Waals surface area contributed by atoms with Crippen molar-refractivity contribution in [1.29, 1.82) is 0 Å². The molecule has 2 N–H and O–H groups in total. The van der Waals surface area contributed by atoms with Crippen LogP contribution in [0.4, 0.5) is 0 Å². The fourth-order valence-corrected chi connectivity index (χ4v) is 3.22. The van der Waals surface area contributed by atoms with E-state index in [4.69, 9.17) is 12.8 Å². The van der Waals surface area contributed by atoms with E-state index in [1.807, 2.05) is 0 Å². The number of allylic oxidation sites excluding steroid dienone is 2. The maximum absolute atomic E-state index is 11.4. The van der Waals surface area contributed by atoms with Gasteiger partial charge in [-0.25, -0.2) is 0 Å². The zero-order chi connectivity index (χ0) is 22.1.